The standard InChI is InChI=1S/C14H21BrO/c1-10(2)5-4-6-14(16)12-7-8-13(15)11(3)9-12/h7-10,14,16H,4-6H2,1-3H3/t14-/m0/s1. The van der Waals surface area contributed by atoms with Crippen molar-refractivity contribution in [2.24, 2.45) is 5.92 Å². The van der Waals surface area contributed by atoms with Crippen LogP contribution >= 0.6 is 15.9 Å². The normalized spacial score (nSPS) is 13.1. The molecule has 0 fully saturated rings. The molecule has 0 aliphatic carbocycles. The molecule has 0 spiro atoms. The van der Waals surface area contributed by atoms with Gasteiger partial charge in [0.05, 0.1) is 6.10 Å². The van der Waals surface area contributed by atoms with Gasteiger partial charge in [-0.1, -0.05) is 54.8 Å². The fourth-order valence-electron chi connectivity index (χ4n) is 1.76. The van der Waals surface area contributed by atoms with Crippen LogP contribution < -0.4 is 0 Å². The van der Waals surface area contributed by atoms with E-state index in [0.717, 1.165) is 28.8 Å². The Morgan fingerprint density at radius 3 is 2.50 bits per heavy atom. The van der Waals surface area contributed by atoms with Gasteiger partial charge in [-0.2, -0.15) is 0 Å². The zero-order valence-electron chi connectivity index (χ0n) is 10.3. The first-order valence-corrected chi connectivity index (χ1v) is 6.74. The van der Waals surface area contributed by atoms with Crippen molar-refractivity contribution in [3.05, 3.63) is 33.8 Å². The monoisotopic (exact) mass is 284 g/mol. The average Bonchev–Trinajstić information content (AvgIpc) is 2.21. The number of hydrogen-bond acceptors (Lipinski definition) is 1. The molecular formula is C14H21BrO. The van der Waals surface area contributed by atoms with E-state index in [1.807, 2.05) is 12.1 Å². The highest BCUT2D eigenvalue weighted by molar-refractivity contribution is 9.10. The van der Waals surface area contributed by atoms with Gasteiger partial charge in [0, 0.05) is 4.47 Å². The first-order valence-electron chi connectivity index (χ1n) is 5.95. The molecule has 0 aromatic heterocycles. The number of hydrogen-bond donors (Lipinski definition) is 1. The lowest BCUT2D eigenvalue weighted by Crippen LogP contribution is -1.99. The van der Waals surface area contributed by atoms with Crippen molar-refractivity contribution in [1.82, 2.24) is 0 Å². The van der Waals surface area contributed by atoms with Gasteiger partial charge in [-0.25, -0.2) is 0 Å². The lowest BCUT2D eigenvalue weighted by Gasteiger charge is -2.13. The number of benzene rings is 1. The van der Waals surface area contributed by atoms with Crippen LogP contribution in [0.25, 0.3) is 0 Å². The molecule has 0 amide bonds. The number of aliphatic hydroxyl groups excluding tert-OH is 1. The highest BCUT2D eigenvalue weighted by Gasteiger charge is 2.08. The quantitative estimate of drug-likeness (QED) is 0.837. The van der Waals surface area contributed by atoms with Gasteiger partial charge in [0.25, 0.3) is 0 Å². The molecule has 1 atom stereocenters. The second kappa shape index (κ2) is 6.41. The Labute approximate surface area is 107 Å². The van der Waals surface area contributed by atoms with Crippen molar-refractivity contribution >= 4 is 15.9 Å². The van der Waals surface area contributed by atoms with Gasteiger partial charge in [0.15, 0.2) is 0 Å². The molecule has 0 radical (unpaired) electrons. The van der Waals surface area contributed by atoms with Crippen molar-refractivity contribution in [2.75, 3.05) is 0 Å². The van der Waals surface area contributed by atoms with Crippen LogP contribution in [-0.4, -0.2) is 5.11 Å². The molecule has 0 aliphatic heterocycles. The molecule has 1 aromatic rings. The maximum Gasteiger partial charge on any atom is 0.0790 e. The van der Waals surface area contributed by atoms with Crippen molar-refractivity contribution in [3.8, 4) is 0 Å². The Morgan fingerprint density at radius 2 is 1.94 bits per heavy atom. The predicted molar refractivity (Wildman–Crippen MR) is 72.5 cm³/mol. The first-order chi connectivity index (χ1) is 7.50. The molecule has 1 rings (SSSR count). The molecule has 90 valence electrons. The summed E-state index contributed by atoms with van der Waals surface area (Å²) in [6.07, 6.45) is 2.82. The lowest BCUT2D eigenvalue weighted by molar-refractivity contribution is 0.162. The smallest absolute Gasteiger partial charge is 0.0790 e. The van der Waals surface area contributed by atoms with Crippen LogP contribution in [0, 0.1) is 12.8 Å². The molecule has 0 heterocycles. The summed E-state index contributed by atoms with van der Waals surface area (Å²) in [5, 5.41) is 10.0. The number of rotatable bonds is 5. The zero-order chi connectivity index (χ0) is 12.1. The zero-order valence-corrected chi connectivity index (χ0v) is 11.9. The van der Waals surface area contributed by atoms with E-state index in [2.05, 4.69) is 42.8 Å². The van der Waals surface area contributed by atoms with Crippen LogP contribution in [-0.2, 0) is 0 Å². The minimum Gasteiger partial charge on any atom is -0.388 e. The van der Waals surface area contributed by atoms with Crippen LogP contribution in [0.1, 0.15) is 50.3 Å². The Balaban J connectivity index is 2.52. The van der Waals surface area contributed by atoms with Gasteiger partial charge in [0.1, 0.15) is 0 Å². The number of halogens is 1. The molecule has 0 bridgehead atoms. The molecular weight excluding hydrogens is 264 g/mol. The Morgan fingerprint density at radius 1 is 1.25 bits per heavy atom. The van der Waals surface area contributed by atoms with E-state index in [9.17, 15) is 5.11 Å². The summed E-state index contributed by atoms with van der Waals surface area (Å²) < 4.78 is 1.10. The molecule has 1 N–H and O–H groups in total. The molecule has 0 saturated carbocycles. The lowest BCUT2D eigenvalue weighted by atomic mass is 9.99. The third kappa shape index (κ3) is 4.26. The highest BCUT2D eigenvalue weighted by Crippen LogP contribution is 2.24. The van der Waals surface area contributed by atoms with Gasteiger partial charge in [-0.05, 0) is 36.5 Å². The van der Waals surface area contributed by atoms with E-state index in [1.54, 1.807) is 0 Å². The molecule has 0 unspecified atom stereocenters. The third-order valence-corrected chi connectivity index (χ3v) is 3.72. The summed E-state index contributed by atoms with van der Waals surface area (Å²) in [6.45, 7) is 6.49. The predicted octanol–water partition coefficient (Wildman–Crippen LogP) is 4.62. The van der Waals surface area contributed by atoms with Crippen LogP contribution in [0.5, 0.6) is 0 Å². The fourth-order valence-corrected chi connectivity index (χ4v) is 2.01. The summed E-state index contributed by atoms with van der Waals surface area (Å²) in [4.78, 5) is 0. The van der Waals surface area contributed by atoms with Gasteiger partial charge in [0.2, 0.25) is 0 Å². The van der Waals surface area contributed by atoms with Crippen molar-refractivity contribution in [1.29, 1.82) is 0 Å². The Hall–Kier alpha value is -0.340. The van der Waals surface area contributed by atoms with Crippen molar-refractivity contribution < 1.29 is 5.11 Å². The fraction of sp³-hybridized carbons (Fsp3) is 0.571. The van der Waals surface area contributed by atoms with E-state index >= 15 is 0 Å². The summed E-state index contributed by atoms with van der Waals surface area (Å²) in [7, 11) is 0. The topological polar surface area (TPSA) is 20.2 Å². The highest BCUT2D eigenvalue weighted by atomic mass is 79.9. The van der Waals surface area contributed by atoms with Gasteiger partial charge in [-0.15, -0.1) is 0 Å². The van der Waals surface area contributed by atoms with Crippen LogP contribution in [0.3, 0.4) is 0 Å². The van der Waals surface area contributed by atoms with Crippen LogP contribution in [0.15, 0.2) is 22.7 Å². The van der Waals surface area contributed by atoms with E-state index in [1.165, 1.54) is 12.0 Å². The molecule has 1 aromatic carbocycles. The van der Waals surface area contributed by atoms with Gasteiger partial charge < -0.3 is 5.11 Å². The van der Waals surface area contributed by atoms with E-state index in [-0.39, 0.29) is 6.10 Å². The van der Waals surface area contributed by atoms with Crippen LogP contribution in [0.4, 0.5) is 0 Å². The largest absolute Gasteiger partial charge is 0.388 e. The second-order valence-electron chi connectivity index (χ2n) is 4.85. The Kier molecular flexibility index (Phi) is 5.50. The molecule has 16 heavy (non-hydrogen) atoms. The van der Waals surface area contributed by atoms with Gasteiger partial charge >= 0.3 is 0 Å². The Bertz CT molecular complexity index is 334. The minimum atomic E-state index is -0.314. The molecule has 1 nitrogen and oxygen atoms in total. The van der Waals surface area contributed by atoms with Gasteiger partial charge in [-0.3, -0.25) is 0 Å². The summed E-state index contributed by atoms with van der Waals surface area (Å²) >= 11 is 3.47. The molecule has 0 aliphatic rings. The average molecular weight is 285 g/mol. The maximum absolute atomic E-state index is 10.0. The van der Waals surface area contributed by atoms with Crippen molar-refractivity contribution in [2.45, 2.75) is 46.1 Å². The summed E-state index contributed by atoms with van der Waals surface area (Å²) in [5.74, 6) is 0.721. The van der Waals surface area contributed by atoms with Crippen molar-refractivity contribution in [3.63, 3.8) is 0 Å². The van der Waals surface area contributed by atoms with Crippen LogP contribution in [0.2, 0.25) is 0 Å². The van der Waals surface area contributed by atoms with E-state index in [0.29, 0.717) is 0 Å². The number of aliphatic hydroxyl groups is 1. The second-order valence-corrected chi connectivity index (χ2v) is 5.70. The maximum atomic E-state index is 10.0. The SMILES string of the molecule is Cc1cc([C@@H](O)CCCC(C)C)ccc1Br. The molecule has 2 heteroatoms. The number of aryl methyl sites for hydroxylation is 1. The van der Waals surface area contributed by atoms with E-state index < -0.39 is 0 Å². The summed E-state index contributed by atoms with van der Waals surface area (Å²) in [6, 6.07) is 6.07. The van der Waals surface area contributed by atoms with E-state index in [4.69, 9.17) is 0 Å². The minimum absolute atomic E-state index is 0.314. The third-order valence-electron chi connectivity index (χ3n) is 2.83. The first kappa shape index (κ1) is 13.7. The molecule has 0 saturated heterocycles. The summed E-state index contributed by atoms with van der Waals surface area (Å²) in [5.41, 5.74) is 2.21.